The Bertz CT molecular complexity index is 462. The molecule has 104 valence electrons. The first kappa shape index (κ1) is 13.8. The maximum Gasteiger partial charge on any atom is 0.179 e. The summed E-state index contributed by atoms with van der Waals surface area (Å²) in [4.78, 5) is 14.2. The van der Waals surface area contributed by atoms with Crippen LogP contribution in [0.1, 0.15) is 17.3 Å². The number of carbonyl (C=O) groups excluding carboxylic acids is 1. The van der Waals surface area contributed by atoms with Crippen molar-refractivity contribution in [2.24, 2.45) is 0 Å². The van der Waals surface area contributed by atoms with E-state index in [1.807, 2.05) is 31.0 Å². The molecule has 5 nitrogen and oxygen atoms in total. The van der Waals surface area contributed by atoms with Gasteiger partial charge in [-0.2, -0.15) is 0 Å². The van der Waals surface area contributed by atoms with E-state index in [1.54, 1.807) is 6.07 Å². The van der Waals surface area contributed by atoms with E-state index in [0.29, 0.717) is 18.7 Å². The Hall–Kier alpha value is -1.59. The maximum atomic E-state index is 12.4. The molecule has 1 heterocycles. The molecule has 0 bridgehead atoms. The third-order valence-electron chi connectivity index (χ3n) is 3.43. The van der Waals surface area contributed by atoms with Crippen LogP contribution in [0.4, 0.5) is 5.69 Å². The molecule has 0 amide bonds. The third kappa shape index (κ3) is 3.05. The zero-order valence-electron chi connectivity index (χ0n) is 11.3. The van der Waals surface area contributed by atoms with E-state index >= 15 is 0 Å². The summed E-state index contributed by atoms with van der Waals surface area (Å²) in [5.41, 5.74) is 1.53. The molecule has 2 N–H and O–H groups in total. The van der Waals surface area contributed by atoms with Crippen molar-refractivity contribution in [2.75, 3.05) is 38.7 Å². The van der Waals surface area contributed by atoms with Crippen LogP contribution in [-0.4, -0.2) is 55.2 Å². The summed E-state index contributed by atoms with van der Waals surface area (Å²) in [6.45, 7) is 3.79. The van der Waals surface area contributed by atoms with Gasteiger partial charge in [0, 0.05) is 18.7 Å². The van der Waals surface area contributed by atoms with Gasteiger partial charge in [-0.25, -0.2) is 0 Å². The Morgan fingerprint density at radius 1 is 1.58 bits per heavy atom. The van der Waals surface area contributed by atoms with Crippen LogP contribution >= 0.6 is 0 Å². The average Bonchev–Trinajstić information content (AvgIpc) is 2.45. The van der Waals surface area contributed by atoms with Crippen LogP contribution in [0.2, 0.25) is 0 Å². The van der Waals surface area contributed by atoms with Crippen molar-refractivity contribution in [2.45, 2.75) is 13.0 Å². The van der Waals surface area contributed by atoms with Gasteiger partial charge in [0.05, 0.1) is 18.3 Å². The number of benzene rings is 1. The number of hydrogen-bond donors (Lipinski definition) is 2. The Morgan fingerprint density at radius 2 is 2.37 bits per heavy atom. The molecule has 2 rings (SSSR count). The van der Waals surface area contributed by atoms with Crippen LogP contribution in [0.15, 0.2) is 18.2 Å². The van der Waals surface area contributed by atoms with Gasteiger partial charge in [-0.05, 0) is 32.2 Å². The lowest BCUT2D eigenvalue weighted by Crippen LogP contribution is -2.37. The monoisotopic (exact) mass is 264 g/mol. The van der Waals surface area contributed by atoms with Crippen molar-refractivity contribution < 1.29 is 14.6 Å². The van der Waals surface area contributed by atoms with Gasteiger partial charge in [0.1, 0.15) is 12.4 Å². The number of likely N-dealkylation sites (N-methyl/N-ethyl adjacent to an activating group) is 1. The van der Waals surface area contributed by atoms with E-state index in [2.05, 4.69) is 5.32 Å². The average molecular weight is 264 g/mol. The molecule has 0 radical (unpaired) electrons. The summed E-state index contributed by atoms with van der Waals surface area (Å²) < 4.78 is 5.49. The first-order valence-electron chi connectivity index (χ1n) is 6.49. The second kappa shape index (κ2) is 6.04. The molecule has 1 unspecified atom stereocenters. The fourth-order valence-electron chi connectivity index (χ4n) is 2.09. The Balaban J connectivity index is 2.15. The van der Waals surface area contributed by atoms with E-state index in [4.69, 9.17) is 9.84 Å². The lowest BCUT2D eigenvalue weighted by molar-refractivity contribution is 0.0848. The van der Waals surface area contributed by atoms with E-state index in [9.17, 15) is 4.79 Å². The molecule has 19 heavy (non-hydrogen) atoms. The Labute approximate surface area is 113 Å². The van der Waals surface area contributed by atoms with Gasteiger partial charge >= 0.3 is 0 Å². The Morgan fingerprint density at radius 3 is 3.11 bits per heavy atom. The van der Waals surface area contributed by atoms with Crippen LogP contribution in [0.5, 0.6) is 5.75 Å². The van der Waals surface area contributed by atoms with Gasteiger partial charge in [0.15, 0.2) is 5.78 Å². The van der Waals surface area contributed by atoms with Crippen LogP contribution < -0.4 is 10.1 Å². The number of ketones is 1. The number of hydrogen-bond acceptors (Lipinski definition) is 5. The number of fused-ring (bicyclic) bond motifs is 1. The summed E-state index contributed by atoms with van der Waals surface area (Å²) in [5.74, 6) is 0.838. The summed E-state index contributed by atoms with van der Waals surface area (Å²) in [5, 5.41) is 12.1. The van der Waals surface area contributed by atoms with Gasteiger partial charge in [0.2, 0.25) is 0 Å². The largest absolute Gasteiger partial charge is 0.490 e. The van der Waals surface area contributed by atoms with Crippen LogP contribution in [-0.2, 0) is 0 Å². The number of Topliss-reactive ketones (excluding diaryl/α,β-unsaturated/α-hetero) is 1. The molecular weight excluding hydrogens is 244 g/mol. The first-order valence-corrected chi connectivity index (χ1v) is 6.49. The molecule has 1 aliphatic heterocycles. The zero-order chi connectivity index (χ0) is 13.8. The smallest absolute Gasteiger partial charge is 0.179 e. The molecule has 0 spiro atoms. The fourth-order valence-corrected chi connectivity index (χ4v) is 2.09. The summed E-state index contributed by atoms with van der Waals surface area (Å²) >= 11 is 0. The minimum atomic E-state index is -0.255. The van der Waals surface area contributed by atoms with Gasteiger partial charge in [0.25, 0.3) is 0 Å². The molecule has 1 aliphatic rings. The summed E-state index contributed by atoms with van der Waals surface area (Å²) in [6, 6.07) is 5.19. The highest BCUT2D eigenvalue weighted by Crippen LogP contribution is 2.28. The summed E-state index contributed by atoms with van der Waals surface area (Å²) in [7, 11) is 1.83. The highest BCUT2D eigenvalue weighted by atomic mass is 16.5. The zero-order valence-corrected chi connectivity index (χ0v) is 11.3. The predicted molar refractivity (Wildman–Crippen MR) is 73.9 cm³/mol. The second-order valence-corrected chi connectivity index (χ2v) is 4.73. The number of aliphatic hydroxyl groups is 1. The molecule has 5 heteroatoms. The number of nitrogens with one attached hydrogen (secondary N) is 1. The molecule has 1 atom stereocenters. The predicted octanol–water partition coefficient (Wildman–Crippen LogP) is 0.986. The Kier molecular flexibility index (Phi) is 4.39. The highest BCUT2D eigenvalue weighted by Gasteiger charge is 2.21. The van der Waals surface area contributed by atoms with Crippen molar-refractivity contribution in [3.63, 3.8) is 0 Å². The lowest BCUT2D eigenvalue weighted by atomic mass is 10.0. The van der Waals surface area contributed by atoms with Crippen molar-refractivity contribution in [3.05, 3.63) is 23.8 Å². The molecule has 0 saturated carbocycles. The second-order valence-electron chi connectivity index (χ2n) is 4.73. The molecule has 0 fully saturated rings. The topological polar surface area (TPSA) is 61.8 Å². The number of aliphatic hydroxyl groups excluding tert-OH is 1. The van der Waals surface area contributed by atoms with Crippen LogP contribution in [0.3, 0.4) is 0 Å². The van der Waals surface area contributed by atoms with Crippen molar-refractivity contribution >= 4 is 11.5 Å². The summed E-state index contributed by atoms with van der Waals surface area (Å²) in [6.07, 6.45) is 0. The minimum absolute atomic E-state index is 0.0473. The number of nitrogens with zero attached hydrogens (tertiary/aromatic N) is 1. The maximum absolute atomic E-state index is 12.4. The van der Waals surface area contributed by atoms with Gasteiger partial charge in [-0.15, -0.1) is 0 Å². The number of ether oxygens (including phenoxy) is 1. The highest BCUT2D eigenvalue weighted by molar-refractivity contribution is 6.01. The third-order valence-corrected chi connectivity index (χ3v) is 3.43. The quantitative estimate of drug-likeness (QED) is 0.776. The standard InChI is InChI=1S/C14H20N2O3/c1-10(16(2)6-7-17)14(18)11-3-4-13-12(9-11)15-5-8-19-13/h3-4,9-10,15,17H,5-8H2,1-2H3. The lowest BCUT2D eigenvalue weighted by Gasteiger charge is -2.24. The van der Waals surface area contributed by atoms with E-state index in [1.165, 1.54) is 0 Å². The number of rotatable bonds is 5. The van der Waals surface area contributed by atoms with Gasteiger partial charge < -0.3 is 15.2 Å². The molecule has 1 aromatic rings. The van der Waals surface area contributed by atoms with Crippen LogP contribution in [0.25, 0.3) is 0 Å². The number of carbonyl (C=O) groups is 1. The molecular formula is C14H20N2O3. The molecule has 0 saturated heterocycles. The molecule has 0 aliphatic carbocycles. The molecule has 0 aromatic heterocycles. The SMILES string of the molecule is CC(C(=O)c1ccc2c(c1)NCCO2)N(C)CCO. The van der Waals surface area contributed by atoms with E-state index in [0.717, 1.165) is 18.0 Å². The van der Waals surface area contributed by atoms with Crippen molar-refractivity contribution in [3.8, 4) is 5.75 Å². The molecule has 1 aromatic carbocycles. The van der Waals surface area contributed by atoms with Crippen molar-refractivity contribution in [1.29, 1.82) is 0 Å². The van der Waals surface area contributed by atoms with Crippen molar-refractivity contribution in [1.82, 2.24) is 4.90 Å². The van der Waals surface area contributed by atoms with Gasteiger partial charge in [-0.1, -0.05) is 0 Å². The minimum Gasteiger partial charge on any atom is -0.490 e. The van der Waals surface area contributed by atoms with E-state index in [-0.39, 0.29) is 18.4 Å². The number of anilines is 1. The van der Waals surface area contributed by atoms with Crippen LogP contribution in [0, 0.1) is 0 Å². The first-order chi connectivity index (χ1) is 9.13. The normalized spacial score (nSPS) is 15.4. The van der Waals surface area contributed by atoms with Gasteiger partial charge in [-0.3, -0.25) is 9.69 Å². The fraction of sp³-hybridized carbons (Fsp3) is 0.500. The van der Waals surface area contributed by atoms with E-state index < -0.39 is 0 Å².